The predicted octanol–water partition coefficient (Wildman–Crippen LogP) is 0.931. The van der Waals surface area contributed by atoms with Crippen LogP contribution in [0.15, 0.2) is 17.2 Å². The van der Waals surface area contributed by atoms with Crippen molar-refractivity contribution >= 4 is 0 Å². The molecule has 0 saturated heterocycles. The summed E-state index contributed by atoms with van der Waals surface area (Å²) in [6.07, 6.45) is 3.11. The summed E-state index contributed by atoms with van der Waals surface area (Å²) in [6, 6.07) is 0. The average Bonchev–Trinajstić information content (AvgIpc) is 2.71. The van der Waals surface area contributed by atoms with Crippen molar-refractivity contribution in [3.05, 3.63) is 29.9 Å². The Morgan fingerprint density at radius 3 is 2.77 bits per heavy atom. The quantitative estimate of drug-likeness (QED) is 0.686. The van der Waals surface area contributed by atoms with Crippen molar-refractivity contribution in [2.45, 2.75) is 20.4 Å². The largest absolute Gasteiger partial charge is 0.343 e. The molecular formula is C8H10N4O. The SMILES string of the molecule is Cc1ncn(Cc2ncon2)c1C. The van der Waals surface area contributed by atoms with Gasteiger partial charge in [0.2, 0.25) is 6.39 Å². The van der Waals surface area contributed by atoms with E-state index >= 15 is 0 Å². The highest BCUT2D eigenvalue weighted by atomic mass is 16.5. The molecule has 0 aliphatic rings. The third-order valence-corrected chi connectivity index (χ3v) is 2.06. The highest BCUT2D eigenvalue weighted by Crippen LogP contribution is 2.05. The molecule has 2 aromatic rings. The van der Waals surface area contributed by atoms with Gasteiger partial charge in [-0.05, 0) is 13.8 Å². The number of imidazole rings is 1. The van der Waals surface area contributed by atoms with Crippen LogP contribution in [0.3, 0.4) is 0 Å². The van der Waals surface area contributed by atoms with Crippen LogP contribution in [0.1, 0.15) is 17.2 Å². The maximum atomic E-state index is 4.64. The van der Waals surface area contributed by atoms with Crippen LogP contribution in [0.5, 0.6) is 0 Å². The molecule has 0 spiro atoms. The van der Waals surface area contributed by atoms with Crippen LogP contribution in [0.4, 0.5) is 0 Å². The van der Waals surface area contributed by atoms with Gasteiger partial charge in [-0.1, -0.05) is 5.16 Å². The summed E-state index contributed by atoms with van der Waals surface area (Å²) in [5, 5.41) is 3.73. The van der Waals surface area contributed by atoms with Gasteiger partial charge in [-0.25, -0.2) is 4.98 Å². The molecule has 13 heavy (non-hydrogen) atoms. The summed E-state index contributed by atoms with van der Waals surface area (Å²) in [5.41, 5.74) is 2.16. The molecular weight excluding hydrogens is 168 g/mol. The van der Waals surface area contributed by atoms with Crippen molar-refractivity contribution in [2.75, 3.05) is 0 Å². The van der Waals surface area contributed by atoms with Crippen molar-refractivity contribution in [1.29, 1.82) is 0 Å². The van der Waals surface area contributed by atoms with E-state index in [1.54, 1.807) is 6.33 Å². The van der Waals surface area contributed by atoms with Crippen molar-refractivity contribution in [1.82, 2.24) is 19.7 Å². The zero-order valence-corrected chi connectivity index (χ0v) is 7.56. The van der Waals surface area contributed by atoms with Crippen molar-refractivity contribution in [3.8, 4) is 0 Å². The lowest BCUT2D eigenvalue weighted by Crippen LogP contribution is -2.02. The minimum Gasteiger partial charge on any atom is -0.343 e. The lowest BCUT2D eigenvalue weighted by Gasteiger charge is -1.99. The van der Waals surface area contributed by atoms with Gasteiger partial charge in [0.25, 0.3) is 0 Å². The lowest BCUT2D eigenvalue weighted by molar-refractivity contribution is 0.408. The van der Waals surface area contributed by atoms with Gasteiger partial charge in [-0.15, -0.1) is 0 Å². The molecule has 0 atom stereocenters. The van der Waals surface area contributed by atoms with Gasteiger partial charge in [0.1, 0.15) is 0 Å². The Kier molecular flexibility index (Phi) is 1.84. The van der Waals surface area contributed by atoms with Gasteiger partial charge in [0.05, 0.1) is 18.6 Å². The first-order valence-corrected chi connectivity index (χ1v) is 4.01. The number of nitrogens with zero attached hydrogens (tertiary/aromatic N) is 4. The molecule has 0 unspecified atom stereocenters. The van der Waals surface area contributed by atoms with Crippen molar-refractivity contribution in [2.24, 2.45) is 0 Å². The predicted molar refractivity (Wildman–Crippen MR) is 45.1 cm³/mol. The number of aromatic nitrogens is 4. The molecule has 0 fully saturated rings. The fourth-order valence-corrected chi connectivity index (χ4v) is 1.12. The van der Waals surface area contributed by atoms with Crippen LogP contribution in [-0.4, -0.2) is 19.7 Å². The van der Waals surface area contributed by atoms with E-state index in [2.05, 4.69) is 19.6 Å². The van der Waals surface area contributed by atoms with Crippen LogP contribution in [-0.2, 0) is 6.54 Å². The maximum absolute atomic E-state index is 4.64. The Labute approximate surface area is 75.4 Å². The molecule has 0 aliphatic heterocycles. The number of aryl methyl sites for hydroxylation is 1. The second-order valence-corrected chi connectivity index (χ2v) is 2.89. The molecule has 68 valence electrons. The van der Waals surface area contributed by atoms with E-state index in [0.29, 0.717) is 12.4 Å². The summed E-state index contributed by atoms with van der Waals surface area (Å²) >= 11 is 0. The van der Waals surface area contributed by atoms with Crippen LogP contribution < -0.4 is 0 Å². The molecule has 0 N–H and O–H groups in total. The molecule has 0 bridgehead atoms. The van der Waals surface area contributed by atoms with E-state index in [0.717, 1.165) is 11.4 Å². The summed E-state index contributed by atoms with van der Waals surface area (Å²) in [6.45, 7) is 4.60. The topological polar surface area (TPSA) is 56.7 Å². The van der Waals surface area contributed by atoms with Gasteiger partial charge >= 0.3 is 0 Å². The lowest BCUT2D eigenvalue weighted by atomic mass is 10.4. The Morgan fingerprint density at radius 2 is 2.23 bits per heavy atom. The zero-order chi connectivity index (χ0) is 9.26. The monoisotopic (exact) mass is 178 g/mol. The molecule has 2 heterocycles. The van der Waals surface area contributed by atoms with E-state index in [9.17, 15) is 0 Å². The van der Waals surface area contributed by atoms with Gasteiger partial charge in [-0.2, -0.15) is 4.98 Å². The van der Waals surface area contributed by atoms with E-state index in [-0.39, 0.29) is 0 Å². The maximum Gasteiger partial charge on any atom is 0.213 e. The summed E-state index contributed by atoms with van der Waals surface area (Å²) in [5.74, 6) is 0.667. The Balaban J connectivity index is 2.24. The Hall–Kier alpha value is -1.65. The van der Waals surface area contributed by atoms with Gasteiger partial charge in [0.15, 0.2) is 5.82 Å². The molecule has 0 saturated carbocycles. The van der Waals surface area contributed by atoms with E-state index in [1.165, 1.54) is 6.39 Å². The van der Waals surface area contributed by atoms with Crippen LogP contribution in [0.2, 0.25) is 0 Å². The molecule has 0 amide bonds. The highest BCUT2D eigenvalue weighted by molar-refractivity contribution is 5.09. The fraction of sp³-hybridized carbons (Fsp3) is 0.375. The number of hydrogen-bond donors (Lipinski definition) is 0. The zero-order valence-electron chi connectivity index (χ0n) is 7.56. The smallest absolute Gasteiger partial charge is 0.213 e. The average molecular weight is 178 g/mol. The first-order chi connectivity index (χ1) is 6.27. The molecule has 5 nitrogen and oxygen atoms in total. The second kappa shape index (κ2) is 3.01. The normalized spacial score (nSPS) is 10.6. The van der Waals surface area contributed by atoms with Gasteiger partial charge in [-0.3, -0.25) is 0 Å². The van der Waals surface area contributed by atoms with Crippen molar-refractivity contribution in [3.63, 3.8) is 0 Å². The molecule has 5 heteroatoms. The molecule has 2 aromatic heterocycles. The fourth-order valence-electron chi connectivity index (χ4n) is 1.12. The Morgan fingerprint density at radius 1 is 1.38 bits per heavy atom. The minimum atomic E-state index is 0.614. The minimum absolute atomic E-state index is 0.614. The highest BCUT2D eigenvalue weighted by Gasteiger charge is 2.04. The van der Waals surface area contributed by atoms with Gasteiger partial charge in [0, 0.05) is 5.69 Å². The summed E-state index contributed by atoms with van der Waals surface area (Å²) < 4.78 is 6.62. The third-order valence-electron chi connectivity index (χ3n) is 2.06. The Bertz CT molecular complexity index is 390. The molecule has 2 rings (SSSR count). The van der Waals surface area contributed by atoms with Crippen LogP contribution >= 0.6 is 0 Å². The standard InChI is InChI=1S/C8H10N4O/c1-6-7(2)12(4-9-6)3-8-10-5-13-11-8/h4-5H,3H2,1-2H3. The second-order valence-electron chi connectivity index (χ2n) is 2.89. The van der Waals surface area contributed by atoms with Crippen molar-refractivity contribution < 1.29 is 4.52 Å². The molecule has 0 aromatic carbocycles. The first-order valence-electron chi connectivity index (χ1n) is 4.01. The molecule has 0 radical (unpaired) electrons. The number of rotatable bonds is 2. The van der Waals surface area contributed by atoms with E-state index in [1.807, 2.05) is 18.4 Å². The van der Waals surface area contributed by atoms with E-state index < -0.39 is 0 Å². The van der Waals surface area contributed by atoms with E-state index in [4.69, 9.17) is 0 Å². The third kappa shape index (κ3) is 1.44. The molecule has 0 aliphatic carbocycles. The first kappa shape index (κ1) is 7.97. The summed E-state index contributed by atoms with van der Waals surface area (Å²) in [4.78, 5) is 8.11. The van der Waals surface area contributed by atoms with Crippen LogP contribution in [0.25, 0.3) is 0 Å². The number of hydrogen-bond acceptors (Lipinski definition) is 4. The van der Waals surface area contributed by atoms with Crippen LogP contribution in [0, 0.1) is 13.8 Å². The summed E-state index contributed by atoms with van der Waals surface area (Å²) in [7, 11) is 0. The van der Waals surface area contributed by atoms with Gasteiger partial charge < -0.3 is 9.09 Å².